The lowest BCUT2D eigenvalue weighted by molar-refractivity contribution is -0.139. The van der Waals surface area contributed by atoms with Crippen LogP contribution in [0.3, 0.4) is 0 Å². The molecule has 2 aliphatic rings. The predicted octanol–water partition coefficient (Wildman–Crippen LogP) is 0.981. The molecule has 2 rings (SSSR count). The van der Waals surface area contributed by atoms with E-state index in [0.717, 1.165) is 38.6 Å². The van der Waals surface area contributed by atoms with Crippen LogP contribution in [0, 0.1) is 17.8 Å². The van der Waals surface area contributed by atoms with Crippen LogP contribution in [0.4, 0.5) is 0 Å². The second-order valence-electron chi connectivity index (χ2n) is 6.16. The molecule has 4 nitrogen and oxygen atoms in total. The first kappa shape index (κ1) is 13.8. The smallest absolute Gasteiger partial charge is 0.227 e. The van der Waals surface area contributed by atoms with Crippen molar-refractivity contribution in [3.63, 3.8) is 0 Å². The van der Waals surface area contributed by atoms with Crippen LogP contribution in [0.25, 0.3) is 0 Å². The maximum Gasteiger partial charge on any atom is 0.227 e. The number of carbonyl (C=O) groups excluding carboxylic acids is 1. The van der Waals surface area contributed by atoms with E-state index in [1.165, 1.54) is 0 Å². The largest absolute Gasteiger partial charge is 0.396 e. The van der Waals surface area contributed by atoms with Crippen molar-refractivity contribution in [2.75, 3.05) is 19.7 Å². The van der Waals surface area contributed by atoms with Crippen molar-refractivity contribution >= 4 is 5.91 Å². The van der Waals surface area contributed by atoms with E-state index in [-0.39, 0.29) is 30.4 Å². The van der Waals surface area contributed by atoms with Crippen LogP contribution in [0.1, 0.15) is 39.0 Å². The van der Waals surface area contributed by atoms with Gasteiger partial charge >= 0.3 is 0 Å². The number of aliphatic hydroxyl groups is 1. The molecule has 0 aromatic carbocycles. The number of aliphatic hydroxyl groups excluding tert-OH is 1. The number of nitrogens with two attached hydrogens (primary N) is 1. The lowest BCUT2D eigenvalue weighted by Gasteiger charge is -2.38. The Morgan fingerprint density at radius 2 is 2.17 bits per heavy atom. The summed E-state index contributed by atoms with van der Waals surface area (Å²) >= 11 is 0. The van der Waals surface area contributed by atoms with Gasteiger partial charge in [-0.1, -0.05) is 6.92 Å². The van der Waals surface area contributed by atoms with Crippen molar-refractivity contribution < 1.29 is 9.90 Å². The molecule has 0 aromatic heterocycles. The minimum Gasteiger partial charge on any atom is -0.396 e. The Morgan fingerprint density at radius 1 is 1.39 bits per heavy atom. The molecular formula is C14H26N2O2. The van der Waals surface area contributed by atoms with Crippen LogP contribution < -0.4 is 5.73 Å². The standard InChI is InChI=1S/C14H26N2O2/c1-10-4-5-13(15)12(7-10)14(18)16-6-2-3-11(8-16)9-17/h10-13,17H,2-9,15H2,1H3. The molecule has 1 amide bonds. The Hall–Kier alpha value is -0.610. The second-order valence-corrected chi connectivity index (χ2v) is 6.16. The molecule has 0 aromatic rings. The van der Waals surface area contributed by atoms with Gasteiger partial charge in [-0.15, -0.1) is 0 Å². The zero-order chi connectivity index (χ0) is 13.1. The fourth-order valence-electron chi connectivity index (χ4n) is 3.34. The van der Waals surface area contributed by atoms with E-state index in [1.807, 2.05) is 4.90 Å². The summed E-state index contributed by atoms with van der Waals surface area (Å²) in [7, 11) is 0. The summed E-state index contributed by atoms with van der Waals surface area (Å²) in [6.07, 6.45) is 5.08. The third-order valence-corrected chi connectivity index (χ3v) is 4.57. The van der Waals surface area contributed by atoms with Crippen LogP contribution in [0.5, 0.6) is 0 Å². The van der Waals surface area contributed by atoms with Crippen LogP contribution in [0.15, 0.2) is 0 Å². The lowest BCUT2D eigenvalue weighted by Crippen LogP contribution is -2.50. The van der Waals surface area contributed by atoms with Crippen LogP contribution in [0.2, 0.25) is 0 Å². The highest BCUT2D eigenvalue weighted by Gasteiger charge is 2.35. The van der Waals surface area contributed by atoms with Gasteiger partial charge in [0.05, 0.1) is 5.92 Å². The third-order valence-electron chi connectivity index (χ3n) is 4.57. The second kappa shape index (κ2) is 6.02. The summed E-state index contributed by atoms with van der Waals surface area (Å²) in [5.74, 6) is 1.11. The molecule has 0 bridgehead atoms. The SMILES string of the molecule is CC1CCC(N)C(C(=O)N2CCCC(CO)C2)C1. The molecule has 4 atom stereocenters. The first-order chi connectivity index (χ1) is 8.61. The Balaban J connectivity index is 1.96. The van der Waals surface area contributed by atoms with E-state index in [0.29, 0.717) is 12.5 Å². The zero-order valence-electron chi connectivity index (χ0n) is 11.3. The van der Waals surface area contributed by atoms with Crippen molar-refractivity contribution in [3.05, 3.63) is 0 Å². The molecule has 4 heteroatoms. The van der Waals surface area contributed by atoms with Gasteiger partial charge in [0.2, 0.25) is 5.91 Å². The summed E-state index contributed by atoms with van der Waals surface area (Å²) in [5, 5.41) is 9.23. The first-order valence-corrected chi connectivity index (χ1v) is 7.27. The Morgan fingerprint density at radius 3 is 2.89 bits per heavy atom. The number of nitrogens with zero attached hydrogens (tertiary/aromatic N) is 1. The fraction of sp³-hybridized carbons (Fsp3) is 0.929. The summed E-state index contributed by atoms with van der Waals surface area (Å²) in [5.41, 5.74) is 6.12. The quantitative estimate of drug-likeness (QED) is 0.772. The Bertz CT molecular complexity index is 296. The van der Waals surface area contributed by atoms with Crippen molar-refractivity contribution in [1.29, 1.82) is 0 Å². The average Bonchev–Trinajstić information content (AvgIpc) is 2.41. The van der Waals surface area contributed by atoms with Gasteiger partial charge in [0.15, 0.2) is 0 Å². The molecule has 1 aliphatic carbocycles. The van der Waals surface area contributed by atoms with Gasteiger partial charge in [-0.2, -0.15) is 0 Å². The number of rotatable bonds is 2. The highest BCUT2D eigenvalue weighted by molar-refractivity contribution is 5.79. The lowest BCUT2D eigenvalue weighted by atomic mass is 9.78. The molecule has 104 valence electrons. The molecule has 0 radical (unpaired) electrons. The fourth-order valence-corrected chi connectivity index (χ4v) is 3.34. The molecular weight excluding hydrogens is 228 g/mol. The van der Waals surface area contributed by atoms with Gasteiger partial charge in [-0.05, 0) is 43.9 Å². The summed E-state index contributed by atoms with van der Waals surface area (Å²) in [4.78, 5) is 14.5. The maximum atomic E-state index is 12.5. The van der Waals surface area contributed by atoms with Crippen molar-refractivity contribution in [1.82, 2.24) is 4.90 Å². The van der Waals surface area contributed by atoms with E-state index in [4.69, 9.17) is 5.73 Å². The van der Waals surface area contributed by atoms with E-state index in [1.54, 1.807) is 0 Å². The van der Waals surface area contributed by atoms with Gasteiger partial charge in [-0.3, -0.25) is 4.79 Å². The van der Waals surface area contributed by atoms with E-state index >= 15 is 0 Å². The van der Waals surface area contributed by atoms with Gasteiger partial charge in [0.25, 0.3) is 0 Å². The molecule has 3 N–H and O–H groups in total. The molecule has 4 unspecified atom stereocenters. The zero-order valence-corrected chi connectivity index (χ0v) is 11.3. The Labute approximate surface area is 110 Å². The molecule has 1 saturated carbocycles. The topological polar surface area (TPSA) is 66.6 Å². The maximum absolute atomic E-state index is 12.5. The van der Waals surface area contributed by atoms with Crippen LogP contribution >= 0.6 is 0 Å². The molecule has 18 heavy (non-hydrogen) atoms. The molecule has 1 heterocycles. The molecule has 1 saturated heterocycles. The number of piperidine rings is 1. The summed E-state index contributed by atoms with van der Waals surface area (Å²) in [6.45, 7) is 3.95. The number of hydrogen-bond acceptors (Lipinski definition) is 3. The number of carbonyl (C=O) groups is 1. The third kappa shape index (κ3) is 3.04. The molecule has 1 aliphatic heterocycles. The van der Waals surface area contributed by atoms with Crippen LogP contribution in [-0.4, -0.2) is 41.7 Å². The highest BCUT2D eigenvalue weighted by atomic mass is 16.3. The number of likely N-dealkylation sites (tertiary alicyclic amines) is 1. The summed E-state index contributed by atoms with van der Waals surface area (Å²) < 4.78 is 0. The van der Waals surface area contributed by atoms with Gasteiger partial charge in [0, 0.05) is 25.7 Å². The van der Waals surface area contributed by atoms with Crippen LogP contribution in [-0.2, 0) is 4.79 Å². The normalized spacial score (nSPS) is 37.6. The van der Waals surface area contributed by atoms with Gasteiger partial charge in [-0.25, -0.2) is 0 Å². The van der Waals surface area contributed by atoms with E-state index in [2.05, 4.69) is 6.92 Å². The number of amides is 1. The highest BCUT2D eigenvalue weighted by Crippen LogP contribution is 2.30. The van der Waals surface area contributed by atoms with Crippen molar-refractivity contribution in [2.24, 2.45) is 23.5 Å². The molecule has 0 spiro atoms. The van der Waals surface area contributed by atoms with E-state index < -0.39 is 0 Å². The van der Waals surface area contributed by atoms with Crippen molar-refractivity contribution in [3.8, 4) is 0 Å². The number of hydrogen-bond donors (Lipinski definition) is 2. The first-order valence-electron chi connectivity index (χ1n) is 7.27. The Kier molecular flexibility index (Phi) is 4.62. The molecule has 2 fully saturated rings. The predicted molar refractivity (Wildman–Crippen MR) is 70.9 cm³/mol. The van der Waals surface area contributed by atoms with Crippen molar-refractivity contribution in [2.45, 2.75) is 45.1 Å². The summed E-state index contributed by atoms with van der Waals surface area (Å²) in [6, 6.07) is 0.0307. The van der Waals surface area contributed by atoms with Gasteiger partial charge in [0.1, 0.15) is 0 Å². The van der Waals surface area contributed by atoms with Gasteiger partial charge < -0.3 is 15.7 Å². The minimum atomic E-state index is 0.00573. The average molecular weight is 254 g/mol. The minimum absolute atomic E-state index is 0.00573. The monoisotopic (exact) mass is 254 g/mol. The van der Waals surface area contributed by atoms with E-state index in [9.17, 15) is 9.90 Å².